The van der Waals surface area contributed by atoms with Crippen LogP contribution in [0.5, 0.6) is 0 Å². The summed E-state index contributed by atoms with van der Waals surface area (Å²) in [6, 6.07) is 9.14. The molecule has 2 heterocycles. The molecule has 1 nitrogen and oxygen atoms in total. The van der Waals surface area contributed by atoms with Gasteiger partial charge in [0, 0.05) is 11.9 Å². The molecule has 72 valence electrons. The fourth-order valence-corrected chi connectivity index (χ4v) is 1.89. The van der Waals surface area contributed by atoms with Gasteiger partial charge in [-0.3, -0.25) is 0 Å². The summed E-state index contributed by atoms with van der Waals surface area (Å²) in [6.45, 7) is 4.00. The third-order valence-electron chi connectivity index (χ3n) is 2.46. The van der Waals surface area contributed by atoms with Crippen molar-refractivity contribution in [2.24, 2.45) is 0 Å². The molecule has 0 saturated carbocycles. The zero-order valence-corrected chi connectivity index (χ0v) is 8.64. The second kappa shape index (κ2) is 3.70. The van der Waals surface area contributed by atoms with E-state index in [0.717, 1.165) is 0 Å². The molecule has 0 amide bonds. The smallest absolute Gasteiger partial charge is 0.0773 e. The Bertz CT molecular complexity index is 343. The highest BCUT2D eigenvalue weighted by Gasteiger charge is 2.24. The maximum absolute atomic E-state index is 2.29. The summed E-state index contributed by atoms with van der Waals surface area (Å²) in [4.78, 5) is 2.29. The van der Waals surface area contributed by atoms with Crippen molar-refractivity contribution in [3.05, 3.63) is 54.3 Å². The molecule has 0 aromatic heterocycles. The Hall–Kier alpha value is -1.50. The molecule has 1 atom stereocenters. The average Bonchev–Trinajstić information content (AvgIpc) is 2.55. The van der Waals surface area contributed by atoms with E-state index in [1.807, 2.05) is 13.8 Å². The van der Waals surface area contributed by atoms with Crippen molar-refractivity contribution in [2.45, 2.75) is 19.9 Å². The number of anilines is 1. The van der Waals surface area contributed by atoms with Gasteiger partial charge in [0.1, 0.15) is 0 Å². The maximum Gasteiger partial charge on any atom is 0.0773 e. The monoisotopic (exact) mass is 185 g/mol. The Morgan fingerprint density at radius 2 is 2.00 bits per heavy atom. The molecule has 0 unspecified atom stereocenters. The Morgan fingerprint density at radius 3 is 2.86 bits per heavy atom. The molecule has 2 aliphatic rings. The van der Waals surface area contributed by atoms with Crippen LogP contribution in [0.3, 0.4) is 0 Å². The van der Waals surface area contributed by atoms with Crippen LogP contribution in [0.2, 0.25) is 0 Å². The van der Waals surface area contributed by atoms with Gasteiger partial charge in [0.15, 0.2) is 0 Å². The molecule has 1 heteroatoms. The zero-order chi connectivity index (χ0) is 9.97. The first kappa shape index (κ1) is 9.07. The van der Waals surface area contributed by atoms with Crippen molar-refractivity contribution in [1.29, 1.82) is 0 Å². The lowest BCUT2D eigenvalue weighted by Gasteiger charge is -2.23. The Labute approximate surface area is 85.4 Å². The van der Waals surface area contributed by atoms with Crippen molar-refractivity contribution in [2.75, 3.05) is 4.90 Å². The molecule has 14 heavy (non-hydrogen) atoms. The topological polar surface area (TPSA) is 3.24 Å². The summed E-state index contributed by atoms with van der Waals surface area (Å²) in [5.74, 6) is 0. The predicted octanol–water partition coefficient (Wildman–Crippen LogP) is 3.66. The van der Waals surface area contributed by atoms with E-state index < -0.39 is 0 Å². The highest BCUT2D eigenvalue weighted by molar-refractivity contribution is 5.62. The number of rotatable bonds is 0. The van der Waals surface area contributed by atoms with E-state index in [2.05, 4.69) is 53.6 Å². The molecule has 0 saturated heterocycles. The van der Waals surface area contributed by atoms with Crippen LogP contribution in [-0.2, 0) is 0 Å². The average molecular weight is 185 g/mol. The van der Waals surface area contributed by atoms with E-state index in [1.165, 1.54) is 11.3 Å². The van der Waals surface area contributed by atoms with Crippen molar-refractivity contribution >= 4 is 5.69 Å². The van der Waals surface area contributed by atoms with E-state index in [1.54, 1.807) is 0 Å². The highest BCUT2D eigenvalue weighted by Crippen LogP contribution is 2.38. The quantitative estimate of drug-likeness (QED) is 0.596. The normalized spacial score (nSPS) is 20.1. The Balaban J connectivity index is 0.000000354. The number of allylic oxidation sites excluding steroid dienone is 2. The van der Waals surface area contributed by atoms with Crippen LogP contribution in [0.25, 0.3) is 0 Å². The largest absolute Gasteiger partial charge is 0.337 e. The van der Waals surface area contributed by atoms with Gasteiger partial charge in [0.2, 0.25) is 0 Å². The molecular weight excluding hydrogens is 170 g/mol. The van der Waals surface area contributed by atoms with Crippen molar-refractivity contribution < 1.29 is 0 Å². The molecule has 0 spiro atoms. The van der Waals surface area contributed by atoms with Gasteiger partial charge in [-0.2, -0.15) is 0 Å². The van der Waals surface area contributed by atoms with Crippen LogP contribution in [0, 0.1) is 0 Å². The van der Waals surface area contributed by atoms with Gasteiger partial charge >= 0.3 is 0 Å². The Kier molecular flexibility index (Phi) is 2.40. The molecule has 3 rings (SSSR count). The molecule has 0 aliphatic carbocycles. The van der Waals surface area contributed by atoms with Gasteiger partial charge in [-0.05, 0) is 23.8 Å². The lowest BCUT2D eigenvalue weighted by molar-refractivity contribution is 0.875. The summed E-state index contributed by atoms with van der Waals surface area (Å²) in [5, 5.41) is 0. The molecular formula is C13H15N. The van der Waals surface area contributed by atoms with Crippen LogP contribution in [-0.4, -0.2) is 0 Å². The number of hydrogen-bond acceptors (Lipinski definition) is 1. The van der Waals surface area contributed by atoms with Gasteiger partial charge in [-0.25, -0.2) is 0 Å². The van der Waals surface area contributed by atoms with E-state index in [-0.39, 0.29) is 0 Å². The molecule has 2 aliphatic heterocycles. The van der Waals surface area contributed by atoms with E-state index >= 15 is 0 Å². The summed E-state index contributed by atoms with van der Waals surface area (Å²) < 4.78 is 0. The lowest BCUT2D eigenvalue weighted by atomic mass is 10.1. The van der Waals surface area contributed by atoms with E-state index in [4.69, 9.17) is 0 Å². The predicted molar refractivity (Wildman–Crippen MR) is 61.3 cm³/mol. The first-order valence-corrected chi connectivity index (χ1v) is 5.18. The fourth-order valence-electron chi connectivity index (χ4n) is 1.89. The number of fused-ring (bicyclic) bond motifs is 5. The molecule has 0 radical (unpaired) electrons. The molecule has 0 fully saturated rings. The van der Waals surface area contributed by atoms with Crippen LogP contribution in [0.1, 0.15) is 25.5 Å². The van der Waals surface area contributed by atoms with Crippen LogP contribution in [0.15, 0.2) is 48.7 Å². The standard InChI is InChI=1S/C11H9N.C2H6/c1-2-7-12-10-5-3-4-9(8-10)11(12)6-1;1-2/h1-8,11H;1-2H3/t11-;/m1./s1. The minimum atomic E-state index is 0.458. The molecule has 2 bridgehead atoms. The summed E-state index contributed by atoms with van der Waals surface area (Å²) in [6.07, 6.45) is 8.54. The molecule has 1 aromatic rings. The second-order valence-electron chi connectivity index (χ2n) is 3.17. The van der Waals surface area contributed by atoms with Crippen LogP contribution < -0.4 is 4.90 Å². The molecule has 1 aromatic carbocycles. The zero-order valence-electron chi connectivity index (χ0n) is 8.64. The minimum absolute atomic E-state index is 0.458. The van der Waals surface area contributed by atoms with Crippen molar-refractivity contribution in [1.82, 2.24) is 0 Å². The maximum atomic E-state index is 2.29. The first-order chi connectivity index (χ1) is 6.95. The number of hydrogen-bond donors (Lipinski definition) is 0. The summed E-state index contributed by atoms with van der Waals surface area (Å²) >= 11 is 0. The van der Waals surface area contributed by atoms with Gasteiger partial charge in [-0.1, -0.05) is 38.1 Å². The van der Waals surface area contributed by atoms with E-state index in [0.29, 0.717) is 6.04 Å². The van der Waals surface area contributed by atoms with Crippen LogP contribution >= 0.6 is 0 Å². The SMILES string of the molecule is C1=C[C@@H]2c3cccc(c3)N2C=C1.CC. The van der Waals surface area contributed by atoms with Gasteiger partial charge in [0.25, 0.3) is 0 Å². The van der Waals surface area contributed by atoms with Crippen molar-refractivity contribution in [3.8, 4) is 0 Å². The van der Waals surface area contributed by atoms with E-state index in [9.17, 15) is 0 Å². The first-order valence-electron chi connectivity index (χ1n) is 5.18. The van der Waals surface area contributed by atoms with Crippen LogP contribution in [0.4, 0.5) is 5.69 Å². The highest BCUT2D eigenvalue weighted by atomic mass is 15.2. The fraction of sp³-hybridized carbons (Fsp3) is 0.231. The molecule has 0 N–H and O–H groups in total. The summed E-state index contributed by atoms with van der Waals surface area (Å²) in [7, 11) is 0. The van der Waals surface area contributed by atoms with Gasteiger partial charge in [-0.15, -0.1) is 0 Å². The van der Waals surface area contributed by atoms with Gasteiger partial charge < -0.3 is 4.90 Å². The number of nitrogens with zero attached hydrogens (tertiary/aromatic N) is 1. The third-order valence-corrected chi connectivity index (χ3v) is 2.46. The second-order valence-corrected chi connectivity index (χ2v) is 3.17. The Morgan fingerprint density at radius 1 is 1.14 bits per heavy atom. The minimum Gasteiger partial charge on any atom is -0.337 e. The lowest BCUT2D eigenvalue weighted by Crippen LogP contribution is -2.17. The third kappa shape index (κ3) is 1.25. The summed E-state index contributed by atoms with van der Waals surface area (Å²) in [5.41, 5.74) is 2.70. The van der Waals surface area contributed by atoms with Gasteiger partial charge in [0.05, 0.1) is 6.04 Å². The van der Waals surface area contributed by atoms with Crippen molar-refractivity contribution in [3.63, 3.8) is 0 Å². The number of benzene rings is 1.